The first-order valence-corrected chi connectivity index (χ1v) is 7.66. The molecule has 1 N–H and O–H groups in total. The average molecular weight is 282 g/mol. The Morgan fingerprint density at radius 1 is 1.24 bits per heavy atom. The maximum absolute atomic E-state index is 4.43. The van der Waals surface area contributed by atoms with Gasteiger partial charge in [0.25, 0.3) is 0 Å². The third kappa shape index (κ3) is 3.72. The van der Waals surface area contributed by atoms with E-state index in [0.29, 0.717) is 0 Å². The van der Waals surface area contributed by atoms with Crippen molar-refractivity contribution < 1.29 is 0 Å². The molecule has 0 saturated carbocycles. The number of nitrogens with one attached hydrogen (secondary N) is 1. The maximum atomic E-state index is 4.43. The molecular formula is C17H22N4. The molecule has 0 amide bonds. The zero-order chi connectivity index (χ0) is 14.5. The molecule has 2 aromatic rings. The Morgan fingerprint density at radius 3 is 2.90 bits per heavy atom. The molecule has 1 aromatic heterocycles. The van der Waals surface area contributed by atoms with Crippen molar-refractivity contribution in [2.24, 2.45) is 5.92 Å². The number of nitrogens with zero attached hydrogens (tertiary/aromatic N) is 3. The fraction of sp³-hybridized carbons (Fsp3) is 0.412. The summed E-state index contributed by atoms with van der Waals surface area (Å²) < 4.78 is 0. The van der Waals surface area contributed by atoms with E-state index in [1.807, 2.05) is 6.07 Å². The first kappa shape index (κ1) is 13.9. The molecule has 1 unspecified atom stereocenters. The Bertz CT molecular complexity index is 570. The highest BCUT2D eigenvalue weighted by Gasteiger charge is 2.17. The van der Waals surface area contributed by atoms with Crippen molar-refractivity contribution in [2.75, 3.05) is 23.3 Å². The Morgan fingerprint density at radius 2 is 2.10 bits per heavy atom. The van der Waals surface area contributed by atoms with Gasteiger partial charge in [0.05, 0.1) is 0 Å². The molecule has 2 heterocycles. The predicted molar refractivity (Wildman–Crippen MR) is 86.4 cm³/mol. The quantitative estimate of drug-likeness (QED) is 0.934. The lowest BCUT2D eigenvalue weighted by atomic mass is 10.0. The molecule has 1 saturated heterocycles. The number of aromatic nitrogens is 2. The Hall–Kier alpha value is -2.10. The summed E-state index contributed by atoms with van der Waals surface area (Å²) in [6.07, 6.45) is 4.22. The van der Waals surface area contributed by atoms with Gasteiger partial charge in [0, 0.05) is 25.7 Å². The van der Waals surface area contributed by atoms with Crippen LogP contribution in [0.1, 0.15) is 25.3 Å². The van der Waals surface area contributed by atoms with E-state index in [9.17, 15) is 0 Å². The van der Waals surface area contributed by atoms with Crippen molar-refractivity contribution >= 4 is 11.6 Å². The van der Waals surface area contributed by atoms with Gasteiger partial charge >= 0.3 is 0 Å². The van der Waals surface area contributed by atoms with Crippen molar-refractivity contribution in [1.29, 1.82) is 0 Å². The number of piperidine rings is 1. The summed E-state index contributed by atoms with van der Waals surface area (Å²) in [6, 6.07) is 12.4. The maximum Gasteiger partial charge on any atom is 0.134 e. The Balaban J connectivity index is 1.65. The minimum Gasteiger partial charge on any atom is -0.366 e. The van der Waals surface area contributed by atoms with Crippen LogP contribution < -0.4 is 10.2 Å². The van der Waals surface area contributed by atoms with E-state index in [1.165, 1.54) is 18.4 Å². The monoisotopic (exact) mass is 282 g/mol. The molecule has 0 aliphatic carbocycles. The topological polar surface area (TPSA) is 41.0 Å². The molecule has 110 valence electrons. The first-order chi connectivity index (χ1) is 10.3. The third-order valence-electron chi connectivity index (χ3n) is 3.95. The summed E-state index contributed by atoms with van der Waals surface area (Å²) in [5.74, 6) is 2.67. The van der Waals surface area contributed by atoms with Crippen molar-refractivity contribution in [2.45, 2.75) is 26.3 Å². The number of anilines is 2. The number of benzene rings is 1. The summed E-state index contributed by atoms with van der Waals surface area (Å²) >= 11 is 0. The van der Waals surface area contributed by atoms with Crippen LogP contribution in [0.3, 0.4) is 0 Å². The van der Waals surface area contributed by atoms with Crippen LogP contribution in [0, 0.1) is 5.92 Å². The van der Waals surface area contributed by atoms with Crippen LogP contribution in [0.5, 0.6) is 0 Å². The highest BCUT2D eigenvalue weighted by molar-refractivity contribution is 5.49. The van der Waals surface area contributed by atoms with Gasteiger partial charge in [0.15, 0.2) is 0 Å². The molecule has 3 rings (SSSR count). The lowest BCUT2D eigenvalue weighted by Crippen LogP contribution is -2.34. The van der Waals surface area contributed by atoms with Crippen LogP contribution >= 0.6 is 0 Å². The largest absolute Gasteiger partial charge is 0.366 e. The van der Waals surface area contributed by atoms with E-state index in [2.05, 4.69) is 57.4 Å². The summed E-state index contributed by atoms with van der Waals surface area (Å²) in [4.78, 5) is 11.1. The zero-order valence-corrected chi connectivity index (χ0v) is 12.5. The number of hydrogen-bond acceptors (Lipinski definition) is 4. The average Bonchev–Trinajstić information content (AvgIpc) is 2.54. The van der Waals surface area contributed by atoms with Crippen LogP contribution in [0.15, 0.2) is 42.7 Å². The van der Waals surface area contributed by atoms with Gasteiger partial charge < -0.3 is 10.2 Å². The zero-order valence-electron chi connectivity index (χ0n) is 12.5. The van der Waals surface area contributed by atoms with Crippen LogP contribution in [-0.4, -0.2) is 23.1 Å². The van der Waals surface area contributed by atoms with Crippen molar-refractivity contribution in [1.82, 2.24) is 9.97 Å². The Kier molecular flexibility index (Phi) is 4.34. The van der Waals surface area contributed by atoms with E-state index in [4.69, 9.17) is 0 Å². The van der Waals surface area contributed by atoms with Gasteiger partial charge in [0.1, 0.15) is 18.0 Å². The third-order valence-corrected chi connectivity index (χ3v) is 3.95. The fourth-order valence-corrected chi connectivity index (χ4v) is 2.80. The Labute approximate surface area is 126 Å². The molecule has 0 radical (unpaired) electrons. The van der Waals surface area contributed by atoms with Gasteiger partial charge in [-0.2, -0.15) is 0 Å². The molecule has 0 spiro atoms. The van der Waals surface area contributed by atoms with Gasteiger partial charge in [-0.1, -0.05) is 37.3 Å². The lowest BCUT2D eigenvalue weighted by molar-refractivity contribution is 0.444. The number of hydrogen-bond donors (Lipinski definition) is 1. The molecule has 1 aliphatic rings. The molecule has 1 atom stereocenters. The molecule has 1 fully saturated rings. The second-order valence-corrected chi connectivity index (χ2v) is 5.79. The van der Waals surface area contributed by atoms with Crippen molar-refractivity contribution in [3.8, 4) is 0 Å². The van der Waals surface area contributed by atoms with E-state index in [0.717, 1.165) is 37.2 Å². The van der Waals surface area contributed by atoms with Gasteiger partial charge in [-0.3, -0.25) is 0 Å². The standard InChI is InChI=1S/C17H22N4/c1-14-6-5-9-21(12-14)17-10-16(19-13-20-17)18-11-15-7-3-2-4-8-15/h2-4,7-8,10,13-14H,5-6,9,11-12H2,1H3,(H,18,19,20). The minimum absolute atomic E-state index is 0.745. The molecule has 4 nitrogen and oxygen atoms in total. The minimum atomic E-state index is 0.745. The normalized spacial score (nSPS) is 18.5. The molecule has 1 aliphatic heterocycles. The summed E-state index contributed by atoms with van der Waals surface area (Å²) in [5, 5.41) is 3.37. The smallest absolute Gasteiger partial charge is 0.134 e. The number of rotatable bonds is 4. The molecular weight excluding hydrogens is 260 g/mol. The first-order valence-electron chi connectivity index (χ1n) is 7.66. The van der Waals surface area contributed by atoms with Crippen LogP contribution in [0.2, 0.25) is 0 Å². The van der Waals surface area contributed by atoms with E-state index in [1.54, 1.807) is 6.33 Å². The van der Waals surface area contributed by atoms with E-state index < -0.39 is 0 Å². The van der Waals surface area contributed by atoms with Crippen LogP contribution in [-0.2, 0) is 6.54 Å². The second kappa shape index (κ2) is 6.57. The molecule has 4 heteroatoms. The summed E-state index contributed by atoms with van der Waals surface area (Å²) in [6.45, 7) is 5.28. The van der Waals surface area contributed by atoms with Crippen molar-refractivity contribution in [3.05, 3.63) is 48.3 Å². The molecule has 21 heavy (non-hydrogen) atoms. The molecule has 0 bridgehead atoms. The highest BCUT2D eigenvalue weighted by Crippen LogP contribution is 2.22. The summed E-state index contributed by atoms with van der Waals surface area (Å²) in [5.41, 5.74) is 1.25. The molecule has 1 aromatic carbocycles. The van der Waals surface area contributed by atoms with Gasteiger partial charge in [-0.05, 0) is 24.3 Å². The second-order valence-electron chi connectivity index (χ2n) is 5.79. The van der Waals surface area contributed by atoms with Gasteiger partial charge in [0.2, 0.25) is 0 Å². The van der Waals surface area contributed by atoms with Gasteiger partial charge in [-0.25, -0.2) is 9.97 Å². The summed E-state index contributed by atoms with van der Waals surface area (Å²) in [7, 11) is 0. The fourth-order valence-electron chi connectivity index (χ4n) is 2.80. The SMILES string of the molecule is CC1CCCN(c2cc(NCc3ccccc3)ncn2)C1. The van der Waals surface area contributed by atoms with E-state index >= 15 is 0 Å². The predicted octanol–water partition coefficient (Wildman–Crippen LogP) is 3.33. The van der Waals surface area contributed by atoms with Crippen molar-refractivity contribution in [3.63, 3.8) is 0 Å². The van der Waals surface area contributed by atoms with E-state index in [-0.39, 0.29) is 0 Å². The van der Waals surface area contributed by atoms with Crippen LogP contribution in [0.25, 0.3) is 0 Å². The van der Waals surface area contributed by atoms with Gasteiger partial charge in [-0.15, -0.1) is 0 Å². The lowest BCUT2D eigenvalue weighted by Gasteiger charge is -2.31. The highest BCUT2D eigenvalue weighted by atomic mass is 15.2. The van der Waals surface area contributed by atoms with Crippen LogP contribution in [0.4, 0.5) is 11.6 Å².